The van der Waals surface area contributed by atoms with Crippen LogP contribution >= 0.6 is 0 Å². The van der Waals surface area contributed by atoms with Crippen molar-refractivity contribution in [3.05, 3.63) is 59.8 Å². The van der Waals surface area contributed by atoms with Gasteiger partial charge in [-0.3, -0.25) is 15.0 Å². The lowest BCUT2D eigenvalue weighted by molar-refractivity contribution is 0.122. The maximum atomic E-state index is 14.4. The van der Waals surface area contributed by atoms with E-state index in [-0.39, 0.29) is 11.7 Å². The van der Waals surface area contributed by atoms with E-state index in [9.17, 15) is 4.39 Å². The van der Waals surface area contributed by atoms with Gasteiger partial charge < -0.3 is 15.4 Å². The number of para-hydroxylation sites is 1. The van der Waals surface area contributed by atoms with Crippen LogP contribution in [0.1, 0.15) is 11.4 Å². The molecule has 0 unspecified atom stereocenters. The number of fused-ring (bicyclic) bond motifs is 2. The maximum absolute atomic E-state index is 14.4. The van der Waals surface area contributed by atoms with E-state index in [1.54, 1.807) is 12.3 Å². The summed E-state index contributed by atoms with van der Waals surface area (Å²) in [7, 11) is 0. The molecule has 32 heavy (non-hydrogen) atoms. The van der Waals surface area contributed by atoms with Gasteiger partial charge in [0.05, 0.1) is 24.4 Å². The highest BCUT2D eigenvalue weighted by Gasteiger charge is 2.21. The first-order chi connectivity index (χ1) is 15.6. The van der Waals surface area contributed by atoms with Gasteiger partial charge in [0, 0.05) is 35.9 Å². The lowest BCUT2D eigenvalue weighted by Crippen LogP contribution is -2.36. The van der Waals surface area contributed by atoms with Gasteiger partial charge in [-0.15, -0.1) is 0 Å². The minimum atomic E-state index is -0.372. The molecular formula is C23H22FN7O. The second kappa shape index (κ2) is 8.01. The quantitative estimate of drug-likeness (QED) is 0.381. The molecule has 0 saturated carbocycles. The predicted molar refractivity (Wildman–Crippen MR) is 124 cm³/mol. The minimum Gasteiger partial charge on any atom is -0.383 e. The van der Waals surface area contributed by atoms with E-state index in [0.29, 0.717) is 35.2 Å². The zero-order chi connectivity index (χ0) is 22.2. The summed E-state index contributed by atoms with van der Waals surface area (Å²) >= 11 is 0. The topological polar surface area (TPSA) is 105 Å². The molecule has 0 spiro atoms. The molecule has 9 heteroatoms. The molecule has 1 fully saturated rings. The first-order valence-electron chi connectivity index (χ1n) is 10.3. The van der Waals surface area contributed by atoms with Crippen LogP contribution in [0.3, 0.4) is 0 Å². The SMILES string of the molecule is Cc1nc2c(C(N)=NC=N)cc(N3CCOCC3)cc2n1-c1ccnc2c(F)cccc12. The molecule has 3 N–H and O–H groups in total. The van der Waals surface area contributed by atoms with Crippen molar-refractivity contribution in [2.24, 2.45) is 10.7 Å². The summed E-state index contributed by atoms with van der Waals surface area (Å²) in [6.45, 7) is 4.69. The van der Waals surface area contributed by atoms with E-state index in [0.717, 1.165) is 42.1 Å². The first kappa shape index (κ1) is 20.1. The van der Waals surface area contributed by atoms with Crippen molar-refractivity contribution in [1.29, 1.82) is 5.41 Å². The van der Waals surface area contributed by atoms with Gasteiger partial charge in [-0.2, -0.15) is 0 Å². The van der Waals surface area contributed by atoms with Gasteiger partial charge in [-0.05, 0) is 31.2 Å². The van der Waals surface area contributed by atoms with Gasteiger partial charge in [0.2, 0.25) is 0 Å². The second-order valence-electron chi connectivity index (χ2n) is 7.56. The molecule has 162 valence electrons. The van der Waals surface area contributed by atoms with Crippen LogP contribution in [0.5, 0.6) is 0 Å². The molecule has 1 aliphatic rings. The fraction of sp³-hybridized carbons (Fsp3) is 0.217. The number of halogens is 1. The third-order valence-corrected chi connectivity index (χ3v) is 5.71. The summed E-state index contributed by atoms with van der Waals surface area (Å²) in [5.41, 5.74) is 10.4. The Labute approximate surface area is 183 Å². The third kappa shape index (κ3) is 3.27. The number of morpholine rings is 1. The Balaban J connectivity index is 1.82. The number of benzene rings is 2. The number of pyridine rings is 1. The molecule has 2 aromatic carbocycles. The average Bonchev–Trinajstić information content (AvgIpc) is 3.14. The van der Waals surface area contributed by atoms with Crippen LogP contribution in [0.2, 0.25) is 0 Å². The molecule has 0 aliphatic carbocycles. The molecular weight excluding hydrogens is 409 g/mol. The zero-order valence-electron chi connectivity index (χ0n) is 17.5. The molecule has 5 rings (SSSR count). The summed E-state index contributed by atoms with van der Waals surface area (Å²) in [5.74, 6) is 0.568. The Bertz CT molecular complexity index is 1370. The Morgan fingerprint density at radius 3 is 2.81 bits per heavy atom. The largest absolute Gasteiger partial charge is 0.383 e. The third-order valence-electron chi connectivity index (χ3n) is 5.71. The highest BCUT2D eigenvalue weighted by molar-refractivity contribution is 6.11. The van der Waals surface area contributed by atoms with Crippen LogP contribution in [0, 0.1) is 18.2 Å². The lowest BCUT2D eigenvalue weighted by atomic mass is 10.1. The molecule has 0 atom stereocenters. The minimum absolute atomic E-state index is 0.218. The van der Waals surface area contributed by atoms with E-state index in [2.05, 4.69) is 20.9 Å². The van der Waals surface area contributed by atoms with E-state index >= 15 is 0 Å². The Kier molecular flexibility index (Phi) is 5.02. The number of hydrogen-bond donors (Lipinski definition) is 2. The van der Waals surface area contributed by atoms with Crippen LogP contribution in [-0.2, 0) is 4.74 Å². The van der Waals surface area contributed by atoms with Crippen molar-refractivity contribution in [1.82, 2.24) is 14.5 Å². The van der Waals surface area contributed by atoms with Gasteiger partial charge in [0.1, 0.15) is 34.8 Å². The van der Waals surface area contributed by atoms with Crippen LogP contribution in [-0.4, -0.2) is 53.0 Å². The molecule has 3 heterocycles. The Hall–Kier alpha value is -3.85. The lowest BCUT2D eigenvalue weighted by Gasteiger charge is -2.29. The number of nitrogens with two attached hydrogens (primary N) is 1. The van der Waals surface area contributed by atoms with Crippen LogP contribution in [0.25, 0.3) is 27.6 Å². The standard InChI is InChI=1S/C23H22FN7O/c1-14-29-22-17(23(26)28-13-25)11-15(30-7-9-32-10-8-30)12-20(22)31(14)19-5-6-27-21-16(19)3-2-4-18(21)24/h2-6,11-13H,7-10H2,1H3,(H3,25,26,28). The highest BCUT2D eigenvalue weighted by atomic mass is 19.1. The second-order valence-corrected chi connectivity index (χ2v) is 7.56. The number of aromatic nitrogens is 3. The monoisotopic (exact) mass is 431 g/mol. The Morgan fingerprint density at radius 2 is 2.03 bits per heavy atom. The normalized spacial score (nSPS) is 14.9. The van der Waals surface area contributed by atoms with Crippen LogP contribution in [0.15, 0.2) is 47.6 Å². The molecule has 1 saturated heterocycles. The summed E-state index contributed by atoms with van der Waals surface area (Å²) in [4.78, 5) is 15.2. The van der Waals surface area contributed by atoms with Crippen molar-refractivity contribution in [2.75, 3.05) is 31.2 Å². The van der Waals surface area contributed by atoms with Gasteiger partial charge in [-0.1, -0.05) is 12.1 Å². The number of rotatable bonds is 4. The van der Waals surface area contributed by atoms with Crippen LogP contribution in [0.4, 0.5) is 10.1 Å². The smallest absolute Gasteiger partial charge is 0.149 e. The molecule has 0 amide bonds. The fourth-order valence-electron chi connectivity index (χ4n) is 4.24. The summed E-state index contributed by atoms with van der Waals surface area (Å²) in [6, 6.07) is 10.8. The van der Waals surface area contributed by atoms with Gasteiger partial charge in [0.25, 0.3) is 0 Å². The van der Waals surface area contributed by atoms with E-state index < -0.39 is 0 Å². The molecule has 0 bridgehead atoms. The van der Waals surface area contributed by atoms with Crippen molar-refractivity contribution in [3.8, 4) is 5.69 Å². The van der Waals surface area contributed by atoms with Crippen molar-refractivity contribution in [3.63, 3.8) is 0 Å². The van der Waals surface area contributed by atoms with E-state index in [1.807, 2.05) is 29.7 Å². The number of hydrogen-bond acceptors (Lipinski definition) is 5. The Morgan fingerprint density at radius 1 is 1.22 bits per heavy atom. The molecule has 0 radical (unpaired) electrons. The number of ether oxygens (including phenoxy) is 1. The zero-order valence-corrected chi connectivity index (χ0v) is 17.5. The molecule has 1 aliphatic heterocycles. The maximum Gasteiger partial charge on any atom is 0.149 e. The fourth-order valence-corrected chi connectivity index (χ4v) is 4.24. The van der Waals surface area contributed by atoms with Gasteiger partial charge in [0.15, 0.2) is 0 Å². The van der Waals surface area contributed by atoms with Gasteiger partial charge in [-0.25, -0.2) is 14.4 Å². The van der Waals surface area contributed by atoms with E-state index in [1.165, 1.54) is 6.07 Å². The number of aryl methyl sites for hydroxylation is 1. The number of nitrogens with zero attached hydrogens (tertiary/aromatic N) is 5. The number of aliphatic imine (C=N–C) groups is 1. The summed E-state index contributed by atoms with van der Waals surface area (Å²) in [5, 5.41) is 8.03. The first-order valence-corrected chi connectivity index (χ1v) is 10.3. The predicted octanol–water partition coefficient (Wildman–Crippen LogP) is 3.17. The van der Waals surface area contributed by atoms with Crippen molar-refractivity contribution >= 4 is 39.8 Å². The molecule has 4 aromatic rings. The summed E-state index contributed by atoms with van der Waals surface area (Å²) in [6.07, 6.45) is 2.52. The number of imidazole rings is 1. The van der Waals surface area contributed by atoms with Crippen LogP contribution < -0.4 is 10.6 Å². The van der Waals surface area contributed by atoms with Gasteiger partial charge >= 0.3 is 0 Å². The van der Waals surface area contributed by atoms with E-state index in [4.69, 9.17) is 20.9 Å². The van der Waals surface area contributed by atoms with Crippen molar-refractivity contribution < 1.29 is 9.13 Å². The number of amidine groups is 1. The average molecular weight is 431 g/mol. The molecule has 2 aromatic heterocycles. The number of anilines is 1. The van der Waals surface area contributed by atoms with Crippen molar-refractivity contribution in [2.45, 2.75) is 6.92 Å². The summed E-state index contributed by atoms with van der Waals surface area (Å²) < 4.78 is 21.9. The highest BCUT2D eigenvalue weighted by Crippen LogP contribution is 2.32. The number of nitrogens with one attached hydrogen (secondary N) is 1. The molecule has 8 nitrogen and oxygen atoms in total.